The molecule has 0 aliphatic carbocycles. The van der Waals surface area contributed by atoms with Gasteiger partial charge in [-0.15, -0.1) is 6.42 Å². The van der Waals surface area contributed by atoms with Gasteiger partial charge in [0.15, 0.2) is 0 Å². The highest BCUT2D eigenvalue weighted by Gasteiger charge is 2.33. The van der Waals surface area contributed by atoms with Crippen LogP contribution in [0.25, 0.3) is 0 Å². The molecule has 1 aromatic rings. The minimum absolute atomic E-state index is 0.103. The molecule has 27 heavy (non-hydrogen) atoms. The van der Waals surface area contributed by atoms with E-state index in [4.69, 9.17) is 11.2 Å². The van der Waals surface area contributed by atoms with Crippen LogP contribution in [-0.4, -0.2) is 57.0 Å². The molecule has 0 radical (unpaired) electrons. The van der Waals surface area contributed by atoms with E-state index in [9.17, 15) is 18.5 Å². The third kappa shape index (κ3) is 4.58. The number of hydrogen-bond acceptors (Lipinski definition) is 6. The summed E-state index contributed by atoms with van der Waals surface area (Å²) in [6, 6.07) is 2.39. The Morgan fingerprint density at radius 3 is 2.33 bits per heavy atom. The zero-order chi connectivity index (χ0) is 20.0. The van der Waals surface area contributed by atoms with E-state index in [0.717, 1.165) is 18.9 Å². The van der Waals surface area contributed by atoms with Crippen LogP contribution in [-0.2, 0) is 14.8 Å². The zero-order valence-electron chi connectivity index (χ0n) is 15.7. The summed E-state index contributed by atoms with van der Waals surface area (Å²) in [5.74, 6) is 2.45. The van der Waals surface area contributed by atoms with Crippen molar-refractivity contribution in [2.24, 2.45) is 0 Å². The lowest BCUT2D eigenvalue weighted by molar-refractivity contribution is -0.385. The van der Waals surface area contributed by atoms with Gasteiger partial charge in [-0.2, -0.15) is 4.31 Å². The molecule has 0 bridgehead atoms. The summed E-state index contributed by atoms with van der Waals surface area (Å²) in [6.45, 7) is 6.17. The molecule has 0 spiro atoms. The van der Waals surface area contributed by atoms with Gasteiger partial charge < -0.3 is 9.64 Å². The van der Waals surface area contributed by atoms with Crippen molar-refractivity contribution >= 4 is 21.4 Å². The van der Waals surface area contributed by atoms with Gasteiger partial charge in [-0.1, -0.05) is 19.8 Å². The van der Waals surface area contributed by atoms with E-state index >= 15 is 0 Å². The highest BCUT2D eigenvalue weighted by molar-refractivity contribution is 7.89. The highest BCUT2D eigenvalue weighted by atomic mass is 32.2. The molecule has 1 saturated heterocycles. The summed E-state index contributed by atoms with van der Waals surface area (Å²) >= 11 is 0. The van der Waals surface area contributed by atoms with E-state index in [2.05, 4.69) is 5.92 Å². The topological polar surface area (TPSA) is 93.0 Å². The summed E-state index contributed by atoms with van der Waals surface area (Å²) in [5.41, 5.74) is 0.266. The first-order chi connectivity index (χ1) is 12.9. The Balaban J connectivity index is 2.73. The summed E-state index contributed by atoms with van der Waals surface area (Å²) in [4.78, 5) is 12.5. The van der Waals surface area contributed by atoms with Gasteiger partial charge in [0, 0.05) is 38.3 Å². The van der Waals surface area contributed by atoms with Gasteiger partial charge in [0.25, 0.3) is 5.69 Å². The van der Waals surface area contributed by atoms with Crippen molar-refractivity contribution in [1.82, 2.24) is 4.31 Å². The molecular weight excluding hydrogens is 370 g/mol. The average Bonchev–Trinajstić information content (AvgIpc) is 2.67. The molecule has 0 amide bonds. The van der Waals surface area contributed by atoms with Gasteiger partial charge in [0.1, 0.15) is 4.90 Å². The fourth-order valence-electron chi connectivity index (χ4n) is 3.13. The Morgan fingerprint density at radius 1 is 1.26 bits per heavy atom. The van der Waals surface area contributed by atoms with Crippen LogP contribution in [0.15, 0.2) is 17.0 Å². The highest BCUT2D eigenvalue weighted by Crippen LogP contribution is 2.35. The van der Waals surface area contributed by atoms with Crippen molar-refractivity contribution in [3.8, 4) is 12.3 Å². The Morgan fingerprint density at radius 2 is 1.85 bits per heavy atom. The minimum atomic E-state index is -3.95. The van der Waals surface area contributed by atoms with Gasteiger partial charge in [0.05, 0.1) is 29.4 Å². The standard InChI is InChI=1S/C18H25N3O5S/c1-4-7-19(8-5-2)18-15(6-3)13-16(21(22)23)14-17(18)27(24,25)20-9-11-26-12-10-20/h3,13-14H,4-5,7-12H2,1-2H3. The summed E-state index contributed by atoms with van der Waals surface area (Å²) < 4.78 is 33.2. The van der Waals surface area contributed by atoms with E-state index in [-0.39, 0.29) is 29.2 Å². The molecule has 1 aromatic carbocycles. The Kier molecular flexibility index (Phi) is 7.18. The number of morpholine rings is 1. The number of ether oxygens (including phenoxy) is 1. The summed E-state index contributed by atoms with van der Waals surface area (Å²) in [7, 11) is -3.95. The van der Waals surface area contributed by atoms with Crippen LogP contribution < -0.4 is 4.90 Å². The van der Waals surface area contributed by atoms with Crippen LogP contribution in [0, 0.1) is 22.5 Å². The molecule has 1 aliphatic rings. The number of hydrogen-bond donors (Lipinski definition) is 0. The van der Waals surface area contributed by atoms with Crippen molar-refractivity contribution in [2.45, 2.75) is 31.6 Å². The molecule has 0 N–H and O–H groups in total. The molecule has 0 aromatic heterocycles. The van der Waals surface area contributed by atoms with Gasteiger partial charge in [0.2, 0.25) is 10.0 Å². The van der Waals surface area contributed by atoms with Crippen LogP contribution in [0.2, 0.25) is 0 Å². The molecular formula is C18H25N3O5S. The largest absolute Gasteiger partial charge is 0.379 e. The number of benzene rings is 1. The average molecular weight is 395 g/mol. The molecule has 8 nitrogen and oxygen atoms in total. The quantitative estimate of drug-likeness (QED) is 0.381. The van der Waals surface area contributed by atoms with E-state index in [1.54, 1.807) is 0 Å². The molecule has 1 aliphatic heterocycles. The number of terminal acetylenes is 1. The fourth-order valence-corrected chi connectivity index (χ4v) is 4.79. The second kappa shape index (κ2) is 9.17. The first kappa shape index (κ1) is 21.2. The predicted octanol–water partition coefficient (Wildman–Crippen LogP) is 2.22. The van der Waals surface area contributed by atoms with E-state index in [0.29, 0.717) is 32.0 Å². The SMILES string of the molecule is C#Cc1cc([N+](=O)[O-])cc(S(=O)(=O)N2CCOCC2)c1N(CCC)CCC. The van der Waals surface area contributed by atoms with E-state index in [1.165, 1.54) is 10.4 Å². The first-order valence-electron chi connectivity index (χ1n) is 8.98. The molecule has 0 unspecified atom stereocenters. The molecule has 148 valence electrons. The van der Waals surface area contributed by atoms with Crippen LogP contribution >= 0.6 is 0 Å². The Hall–Kier alpha value is -2.15. The molecule has 0 saturated carbocycles. The molecule has 1 heterocycles. The molecule has 9 heteroatoms. The number of nitrogens with zero attached hydrogens (tertiary/aromatic N) is 3. The maximum atomic E-state index is 13.3. The monoisotopic (exact) mass is 395 g/mol. The Bertz CT molecular complexity index is 820. The molecule has 1 fully saturated rings. The van der Waals surface area contributed by atoms with Crippen LogP contribution in [0.1, 0.15) is 32.3 Å². The number of nitro groups is 1. The van der Waals surface area contributed by atoms with Crippen LogP contribution in [0.5, 0.6) is 0 Å². The minimum Gasteiger partial charge on any atom is -0.379 e. The van der Waals surface area contributed by atoms with Crippen LogP contribution in [0.3, 0.4) is 0 Å². The molecule has 0 atom stereocenters. The van der Waals surface area contributed by atoms with Gasteiger partial charge in [-0.25, -0.2) is 8.42 Å². The first-order valence-corrected chi connectivity index (χ1v) is 10.4. The van der Waals surface area contributed by atoms with Crippen molar-refractivity contribution < 1.29 is 18.1 Å². The zero-order valence-corrected chi connectivity index (χ0v) is 16.5. The summed E-state index contributed by atoms with van der Waals surface area (Å²) in [6.07, 6.45) is 7.19. The van der Waals surface area contributed by atoms with Gasteiger partial charge in [-0.3, -0.25) is 10.1 Å². The van der Waals surface area contributed by atoms with Crippen molar-refractivity contribution in [1.29, 1.82) is 0 Å². The van der Waals surface area contributed by atoms with Gasteiger partial charge in [-0.05, 0) is 12.8 Å². The number of rotatable bonds is 8. The predicted molar refractivity (Wildman–Crippen MR) is 103 cm³/mol. The number of nitro benzene ring substituents is 1. The van der Waals surface area contributed by atoms with Crippen molar-refractivity contribution in [3.05, 3.63) is 27.8 Å². The smallest absolute Gasteiger partial charge is 0.272 e. The second-order valence-corrected chi connectivity index (χ2v) is 8.15. The fraction of sp³-hybridized carbons (Fsp3) is 0.556. The lowest BCUT2D eigenvalue weighted by Crippen LogP contribution is -2.41. The van der Waals surface area contributed by atoms with Crippen molar-refractivity contribution in [3.63, 3.8) is 0 Å². The summed E-state index contributed by atoms with van der Waals surface area (Å²) in [5, 5.41) is 11.4. The van der Waals surface area contributed by atoms with Crippen molar-refractivity contribution in [2.75, 3.05) is 44.3 Å². The maximum absolute atomic E-state index is 13.3. The third-order valence-corrected chi connectivity index (χ3v) is 6.23. The van der Waals surface area contributed by atoms with E-state index in [1.807, 2.05) is 18.7 Å². The van der Waals surface area contributed by atoms with Gasteiger partial charge >= 0.3 is 0 Å². The third-order valence-electron chi connectivity index (χ3n) is 4.32. The number of anilines is 1. The maximum Gasteiger partial charge on any atom is 0.272 e. The lowest BCUT2D eigenvalue weighted by atomic mass is 10.1. The molecule has 2 rings (SSSR count). The van der Waals surface area contributed by atoms with Crippen LogP contribution in [0.4, 0.5) is 11.4 Å². The number of sulfonamides is 1. The lowest BCUT2D eigenvalue weighted by Gasteiger charge is -2.31. The normalized spacial score (nSPS) is 15.3. The number of non-ortho nitro benzene ring substituents is 1. The van der Waals surface area contributed by atoms with E-state index < -0.39 is 14.9 Å². The Labute approximate surface area is 160 Å². The second-order valence-electron chi connectivity index (χ2n) is 6.25.